The van der Waals surface area contributed by atoms with E-state index in [9.17, 15) is 9.59 Å². The Balaban J connectivity index is 1.82. The van der Waals surface area contributed by atoms with E-state index in [1.807, 2.05) is 0 Å². The number of Topliss-reactive ketones (excluding diaryl/α,β-unsaturated/α-hetero) is 1. The van der Waals surface area contributed by atoms with Gasteiger partial charge in [-0.15, -0.1) is 0 Å². The molecule has 2 rings (SSSR count). The van der Waals surface area contributed by atoms with Gasteiger partial charge in [0.15, 0.2) is 26.2 Å². The number of aromatic nitrogens is 2. The Bertz CT molecular complexity index is 581. The summed E-state index contributed by atoms with van der Waals surface area (Å²) in [6.07, 6.45) is 7.07. The van der Waals surface area contributed by atoms with Crippen molar-refractivity contribution in [2.24, 2.45) is 5.92 Å². The number of carbonyl (C=O) groups excluding carboxylic acids is 2. The van der Waals surface area contributed by atoms with Crippen LogP contribution in [0.1, 0.15) is 74.0 Å². The molecule has 0 atom stereocenters. The minimum Gasteiger partial charge on any atom is -0.414 e. The number of aldehydes is 1. The van der Waals surface area contributed by atoms with Crippen LogP contribution in [-0.2, 0) is 4.43 Å². The van der Waals surface area contributed by atoms with Crippen molar-refractivity contribution in [3.8, 4) is 0 Å². The van der Waals surface area contributed by atoms with Crippen molar-refractivity contribution in [1.82, 2.24) is 9.97 Å². The molecule has 1 heterocycles. The monoisotopic (exact) mass is 350 g/mol. The quantitative estimate of drug-likeness (QED) is 0.469. The summed E-state index contributed by atoms with van der Waals surface area (Å²) in [5.41, 5.74) is 0.441. The van der Waals surface area contributed by atoms with Crippen molar-refractivity contribution < 1.29 is 14.0 Å². The molecular weight excluding hydrogens is 320 g/mol. The summed E-state index contributed by atoms with van der Waals surface area (Å²) in [5, 5.41) is 0.233. The van der Waals surface area contributed by atoms with Crippen LogP contribution in [0.2, 0.25) is 18.1 Å². The fraction of sp³-hybridized carbons (Fsp3) is 0.722. The first kappa shape index (κ1) is 19.1. The van der Waals surface area contributed by atoms with Crippen LogP contribution in [0.25, 0.3) is 0 Å². The number of nitrogens with one attached hydrogen (secondary N) is 1. The number of H-pyrrole nitrogens is 1. The molecule has 1 N–H and O–H groups in total. The molecule has 1 aliphatic rings. The third-order valence-corrected chi connectivity index (χ3v) is 10.1. The van der Waals surface area contributed by atoms with Gasteiger partial charge in [0.1, 0.15) is 5.69 Å². The zero-order chi connectivity index (χ0) is 18.0. The van der Waals surface area contributed by atoms with E-state index in [2.05, 4.69) is 43.8 Å². The first-order valence-electron chi connectivity index (χ1n) is 8.83. The maximum Gasteiger partial charge on any atom is 0.192 e. The van der Waals surface area contributed by atoms with Gasteiger partial charge in [0, 0.05) is 12.5 Å². The Hall–Kier alpha value is -1.27. The van der Waals surface area contributed by atoms with Crippen LogP contribution in [0.4, 0.5) is 0 Å². The molecule has 24 heavy (non-hydrogen) atoms. The molecule has 0 spiro atoms. The van der Waals surface area contributed by atoms with E-state index in [4.69, 9.17) is 4.43 Å². The van der Waals surface area contributed by atoms with Crippen LogP contribution in [-0.4, -0.2) is 36.5 Å². The van der Waals surface area contributed by atoms with Gasteiger partial charge < -0.3 is 9.41 Å². The SMILES string of the molecule is CC(C)(C)[Si](C)(C)OC1CCC(CC(=O)c2cnc(C=O)[nH]2)CC1. The molecular formula is C18H30N2O3Si. The number of nitrogens with zero attached hydrogens (tertiary/aromatic N) is 1. The van der Waals surface area contributed by atoms with Gasteiger partial charge in [0.2, 0.25) is 0 Å². The molecule has 1 fully saturated rings. The van der Waals surface area contributed by atoms with Crippen molar-refractivity contribution in [3.63, 3.8) is 0 Å². The Morgan fingerprint density at radius 1 is 1.33 bits per heavy atom. The molecule has 0 aromatic carbocycles. The smallest absolute Gasteiger partial charge is 0.192 e. The van der Waals surface area contributed by atoms with Gasteiger partial charge in [-0.05, 0) is 49.7 Å². The third-order valence-electron chi connectivity index (χ3n) is 5.54. The van der Waals surface area contributed by atoms with Crippen LogP contribution in [0, 0.1) is 5.92 Å². The third kappa shape index (κ3) is 4.63. The van der Waals surface area contributed by atoms with Crippen LogP contribution < -0.4 is 0 Å². The average molecular weight is 351 g/mol. The van der Waals surface area contributed by atoms with Gasteiger partial charge in [0.05, 0.1) is 6.20 Å². The van der Waals surface area contributed by atoms with Gasteiger partial charge in [-0.2, -0.15) is 0 Å². The lowest BCUT2D eigenvalue weighted by molar-refractivity contribution is 0.0877. The molecule has 1 saturated carbocycles. The zero-order valence-corrected chi connectivity index (χ0v) is 16.5. The van der Waals surface area contributed by atoms with Gasteiger partial charge >= 0.3 is 0 Å². The number of carbonyl (C=O) groups is 2. The lowest BCUT2D eigenvalue weighted by Gasteiger charge is -2.41. The number of rotatable bonds is 6. The van der Waals surface area contributed by atoms with E-state index in [0.717, 1.165) is 25.7 Å². The average Bonchev–Trinajstić information content (AvgIpc) is 2.97. The molecule has 1 aromatic heterocycles. The standard InChI is InChI=1S/C18H30N2O3Si/c1-18(2,3)24(4,5)23-14-8-6-13(7-9-14)10-16(22)15-11-19-17(12-21)20-15/h11-14H,6-10H2,1-5H3,(H,19,20). The predicted octanol–water partition coefficient (Wildman–Crippen LogP) is 4.38. The summed E-state index contributed by atoms with van der Waals surface area (Å²) >= 11 is 0. The van der Waals surface area contributed by atoms with E-state index < -0.39 is 8.32 Å². The second-order valence-corrected chi connectivity index (χ2v) is 13.2. The molecule has 0 radical (unpaired) electrons. The van der Waals surface area contributed by atoms with Crippen LogP contribution >= 0.6 is 0 Å². The lowest BCUT2D eigenvalue weighted by atomic mass is 9.84. The van der Waals surface area contributed by atoms with Crippen molar-refractivity contribution in [3.05, 3.63) is 17.7 Å². The van der Waals surface area contributed by atoms with E-state index in [-0.39, 0.29) is 16.6 Å². The van der Waals surface area contributed by atoms with E-state index in [1.165, 1.54) is 6.20 Å². The van der Waals surface area contributed by atoms with Crippen LogP contribution in [0.15, 0.2) is 6.20 Å². The minimum absolute atomic E-state index is 0.0457. The molecule has 0 bridgehead atoms. The molecule has 6 heteroatoms. The topological polar surface area (TPSA) is 72.0 Å². The maximum atomic E-state index is 12.3. The van der Waals surface area contributed by atoms with Crippen molar-refractivity contribution in [2.45, 2.75) is 77.1 Å². The fourth-order valence-corrected chi connectivity index (χ4v) is 4.38. The highest BCUT2D eigenvalue weighted by Crippen LogP contribution is 2.40. The van der Waals surface area contributed by atoms with Gasteiger partial charge in [0.25, 0.3) is 0 Å². The first-order chi connectivity index (χ1) is 11.1. The van der Waals surface area contributed by atoms with Crippen molar-refractivity contribution in [1.29, 1.82) is 0 Å². The van der Waals surface area contributed by atoms with Crippen LogP contribution in [0.5, 0.6) is 0 Å². The highest BCUT2D eigenvalue weighted by atomic mass is 28.4. The second-order valence-electron chi connectivity index (χ2n) is 8.45. The summed E-state index contributed by atoms with van der Waals surface area (Å²) in [6.45, 7) is 11.4. The molecule has 1 aromatic rings. The largest absolute Gasteiger partial charge is 0.414 e. The predicted molar refractivity (Wildman–Crippen MR) is 97.0 cm³/mol. The van der Waals surface area contributed by atoms with E-state index >= 15 is 0 Å². The summed E-state index contributed by atoms with van der Waals surface area (Å²) < 4.78 is 6.50. The number of hydrogen-bond acceptors (Lipinski definition) is 4. The number of aromatic amines is 1. The Morgan fingerprint density at radius 2 is 1.96 bits per heavy atom. The Morgan fingerprint density at radius 3 is 2.46 bits per heavy atom. The Labute approximate surface area is 145 Å². The van der Waals surface area contributed by atoms with Crippen LogP contribution in [0.3, 0.4) is 0 Å². The molecule has 0 amide bonds. The summed E-state index contributed by atoms with van der Waals surface area (Å²) in [6, 6.07) is 0. The highest BCUT2D eigenvalue weighted by Gasteiger charge is 2.39. The molecule has 134 valence electrons. The molecule has 5 nitrogen and oxygen atoms in total. The number of imidazole rings is 1. The summed E-state index contributed by atoms with van der Waals surface area (Å²) in [4.78, 5) is 29.5. The zero-order valence-electron chi connectivity index (χ0n) is 15.5. The molecule has 0 aliphatic heterocycles. The summed E-state index contributed by atoms with van der Waals surface area (Å²) in [7, 11) is -1.71. The second kappa shape index (κ2) is 7.31. The van der Waals surface area contributed by atoms with Gasteiger partial charge in [-0.3, -0.25) is 9.59 Å². The molecule has 0 unspecified atom stereocenters. The lowest BCUT2D eigenvalue weighted by Crippen LogP contribution is -2.44. The van der Waals surface area contributed by atoms with E-state index in [1.54, 1.807) is 0 Å². The van der Waals surface area contributed by atoms with E-state index in [0.29, 0.717) is 30.4 Å². The van der Waals surface area contributed by atoms with Crippen molar-refractivity contribution >= 4 is 20.4 Å². The molecule has 0 saturated heterocycles. The number of hydrogen-bond donors (Lipinski definition) is 1. The van der Waals surface area contributed by atoms with Crippen molar-refractivity contribution in [2.75, 3.05) is 0 Å². The van der Waals surface area contributed by atoms with Gasteiger partial charge in [-0.25, -0.2) is 4.98 Å². The molecule has 1 aliphatic carbocycles. The first-order valence-corrected chi connectivity index (χ1v) is 11.7. The summed E-state index contributed by atoms with van der Waals surface area (Å²) in [5.74, 6) is 0.661. The fourth-order valence-electron chi connectivity index (χ4n) is 2.96. The van der Waals surface area contributed by atoms with Gasteiger partial charge in [-0.1, -0.05) is 20.8 Å². The Kier molecular flexibility index (Phi) is 5.81. The minimum atomic E-state index is -1.71. The normalized spacial score (nSPS) is 22.4. The number of ketones is 1. The highest BCUT2D eigenvalue weighted by molar-refractivity contribution is 6.74. The maximum absolute atomic E-state index is 12.3.